The summed E-state index contributed by atoms with van der Waals surface area (Å²) in [6, 6.07) is 2.08. The Morgan fingerprint density at radius 2 is 1.86 bits per heavy atom. The van der Waals surface area contributed by atoms with E-state index in [-0.39, 0.29) is 30.4 Å². The van der Waals surface area contributed by atoms with Crippen molar-refractivity contribution in [2.24, 2.45) is 0 Å². The van der Waals surface area contributed by atoms with Crippen molar-refractivity contribution in [3.8, 4) is 5.75 Å². The number of piperazine rings is 1. The van der Waals surface area contributed by atoms with Gasteiger partial charge < -0.3 is 19.8 Å². The molecule has 2 aliphatic rings. The normalized spacial score (nSPS) is 20.4. The number of nitrogens with zero attached hydrogens (tertiary/aromatic N) is 5. The molecule has 1 aliphatic heterocycles. The van der Waals surface area contributed by atoms with Gasteiger partial charge in [-0.05, 0) is 37.1 Å². The lowest BCUT2D eigenvalue weighted by Crippen LogP contribution is -2.58. The van der Waals surface area contributed by atoms with Crippen LogP contribution in [0.25, 0.3) is 10.3 Å². The number of carboxylic acids is 1. The summed E-state index contributed by atoms with van der Waals surface area (Å²) >= 11 is 1.21. The summed E-state index contributed by atoms with van der Waals surface area (Å²) in [6.07, 6.45) is -2.28. The van der Waals surface area contributed by atoms with Crippen LogP contribution in [0.4, 0.5) is 18.3 Å². The molecule has 2 fully saturated rings. The number of ether oxygens (including phenoxy) is 1. The monoisotopic (exact) mass is 545 g/mol. The zero-order valence-corrected chi connectivity index (χ0v) is 19.8. The molecule has 5 rings (SSSR count). The summed E-state index contributed by atoms with van der Waals surface area (Å²) in [6.45, 7) is -0.303. The number of hydrogen-bond donors (Lipinski definition) is 2. The fraction of sp³-hybridized carbons (Fsp3) is 0.400. The number of aromatic nitrogens is 3. The number of benzene rings is 1. The maximum absolute atomic E-state index is 13.1. The Labute approximate surface area is 205 Å². The first kappa shape index (κ1) is 24.6. The number of aliphatic carboxylic acids is 1. The van der Waals surface area contributed by atoms with Crippen LogP contribution in [0.1, 0.15) is 18.7 Å². The van der Waals surface area contributed by atoms with Crippen LogP contribution in [0.3, 0.4) is 0 Å². The molecule has 11 nitrogen and oxygen atoms in total. The molecule has 0 spiro atoms. The number of rotatable bonds is 6. The van der Waals surface area contributed by atoms with E-state index in [0.717, 1.165) is 28.6 Å². The number of carbonyl (C=O) groups is 1. The minimum absolute atomic E-state index is 0.113. The van der Waals surface area contributed by atoms with E-state index in [9.17, 15) is 36.6 Å². The van der Waals surface area contributed by atoms with Crippen molar-refractivity contribution < 1.29 is 41.3 Å². The first-order chi connectivity index (χ1) is 16.9. The summed E-state index contributed by atoms with van der Waals surface area (Å²) in [7, 11) is -4.34. The van der Waals surface area contributed by atoms with Gasteiger partial charge in [0, 0.05) is 19.6 Å². The van der Waals surface area contributed by atoms with Crippen LogP contribution in [0.2, 0.25) is 0 Å². The van der Waals surface area contributed by atoms with Gasteiger partial charge in [0.15, 0.2) is 16.6 Å². The lowest BCUT2D eigenvalue weighted by Gasteiger charge is -2.38. The Bertz CT molecular complexity index is 1430. The minimum atomic E-state index is -4.93. The molecule has 1 aromatic carbocycles. The number of fused-ring (bicyclic) bond motifs is 1. The molecule has 192 valence electrons. The van der Waals surface area contributed by atoms with Gasteiger partial charge in [0.25, 0.3) is 0 Å². The molecule has 16 heteroatoms. The van der Waals surface area contributed by atoms with Crippen LogP contribution >= 0.6 is 11.3 Å². The highest BCUT2D eigenvalue weighted by molar-refractivity contribution is 7.89. The van der Waals surface area contributed by atoms with Crippen molar-refractivity contribution in [2.45, 2.75) is 35.7 Å². The third kappa shape index (κ3) is 4.68. The Kier molecular flexibility index (Phi) is 5.81. The van der Waals surface area contributed by atoms with E-state index >= 15 is 0 Å². The van der Waals surface area contributed by atoms with Crippen molar-refractivity contribution in [3.63, 3.8) is 0 Å². The van der Waals surface area contributed by atoms with E-state index in [4.69, 9.17) is 0 Å². The zero-order valence-electron chi connectivity index (χ0n) is 18.2. The second-order valence-corrected chi connectivity index (χ2v) is 11.2. The summed E-state index contributed by atoms with van der Waals surface area (Å²) in [5.41, 5.74) is -0.688. The predicted octanol–water partition coefficient (Wildman–Crippen LogP) is 1.93. The van der Waals surface area contributed by atoms with Crippen LogP contribution in [-0.2, 0) is 20.4 Å². The molecule has 2 aromatic heterocycles. The molecular formula is C20H18F3N5O6S2. The maximum Gasteiger partial charge on any atom is 0.573 e. The van der Waals surface area contributed by atoms with E-state index in [0.29, 0.717) is 28.3 Å². The molecule has 1 saturated carbocycles. The van der Waals surface area contributed by atoms with Gasteiger partial charge in [0.2, 0.25) is 10.0 Å². The molecule has 3 aromatic rings. The van der Waals surface area contributed by atoms with Gasteiger partial charge in [-0.1, -0.05) is 11.3 Å². The largest absolute Gasteiger partial charge is 0.573 e. The van der Waals surface area contributed by atoms with Crippen LogP contribution < -0.4 is 9.64 Å². The van der Waals surface area contributed by atoms with Gasteiger partial charge in [-0.25, -0.2) is 18.4 Å². The fourth-order valence-corrected chi connectivity index (χ4v) is 6.28. The summed E-state index contributed by atoms with van der Waals surface area (Å²) in [5, 5.41) is 20.4. The second-order valence-electron chi connectivity index (χ2n) is 8.34. The molecule has 0 amide bonds. The van der Waals surface area contributed by atoms with Crippen LogP contribution in [-0.4, -0.2) is 75.9 Å². The highest BCUT2D eigenvalue weighted by Crippen LogP contribution is 2.44. The van der Waals surface area contributed by atoms with Gasteiger partial charge in [0.05, 0.1) is 15.8 Å². The highest BCUT2D eigenvalue weighted by Gasteiger charge is 2.45. The molecule has 1 saturated heterocycles. The maximum atomic E-state index is 13.1. The highest BCUT2D eigenvalue weighted by atomic mass is 32.2. The summed E-state index contributed by atoms with van der Waals surface area (Å²) in [4.78, 5) is 26.2. The Morgan fingerprint density at radius 3 is 2.47 bits per heavy atom. The predicted molar refractivity (Wildman–Crippen MR) is 119 cm³/mol. The van der Waals surface area contributed by atoms with Gasteiger partial charge in [-0.15, -0.1) is 13.2 Å². The third-order valence-corrected chi connectivity index (χ3v) is 8.79. The van der Waals surface area contributed by atoms with Crippen molar-refractivity contribution in [2.75, 3.05) is 24.5 Å². The minimum Gasteiger partial charge on any atom is -0.480 e. The molecule has 1 atom stereocenters. The van der Waals surface area contributed by atoms with Crippen LogP contribution in [0, 0.1) is 0 Å². The van der Waals surface area contributed by atoms with E-state index in [1.165, 1.54) is 17.5 Å². The zero-order chi connectivity index (χ0) is 25.9. The smallest absolute Gasteiger partial charge is 0.480 e. The van der Waals surface area contributed by atoms with Crippen molar-refractivity contribution >= 4 is 42.8 Å². The van der Waals surface area contributed by atoms with E-state index in [1.807, 2.05) is 0 Å². The number of alkyl halides is 3. The first-order valence-electron chi connectivity index (χ1n) is 10.6. The van der Waals surface area contributed by atoms with Crippen LogP contribution in [0.15, 0.2) is 35.4 Å². The number of carboxylic acid groups (broad SMARTS) is 1. The molecule has 2 N–H and O–H groups in total. The topological polar surface area (TPSA) is 146 Å². The van der Waals surface area contributed by atoms with Crippen molar-refractivity contribution in [1.82, 2.24) is 19.3 Å². The number of halogens is 3. The SMILES string of the molecule is O=C(O)[C@H]1CN(c2nc3nc(C4(O)CC4)ncc3s2)CCN1S(=O)(=O)c1ccc(OC(F)(F)F)cc1. The van der Waals surface area contributed by atoms with E-state index in [2.05, 4.69) is 19.7 Å². The second kappa shape index (κ2) is 8.50. The first-order valence-corrected chi connectivity index (χ1v) is 12.8. The Balaban J connectivity index is 1.37. The molecular weight excluding hydrogens is 527 g/mol. The molecule has 36 heavy (non-hydrogen) atoms. The number of sulfonamides is 1. The molecule has 0 unspecified atom stereocenters. The van der Waals surface area contributed by atoms with E-state index < -0.39 is 39.7 Å². The van der Waals surface area contributed by atoms with E-state index in [1.54, 1.807) is 4.90 Å². The summed E-state index contributed by atoms with van der Waals surface area (Å²) in [5.74, 6) is -1.71. The molecule has 0 bridgehead atoms. The van der Waals surface area contributed by atoms with Gasteiger partial charge >= 0.3 is 12.3 Å². The number of anilines is 1. The standard InChI is InChI=1S/C20H18F3N5O6S2/c21-20(22,23)34-11-1-3-12(4-2-11)36(32,33)28-8-7-27(10-13(28)16(29)30)18-26-15-14(35-18)9-24-17(25-15)19(31)5-6-19/h1-4,9,13,31H,5-8,10H2,(H,29,30)/t13-/m1/s1. The number of thiazole rings is 1. The lowest BCUT2D eigenvalue weighted by atomic mass is 10.2. The number of aliphatic hydroxyl groups is 1. The molecule has 1 aliphatic carbocycles. The Hall–Kier alpha value is -3.08. The number of hydrogen-bond acceptors (Lipinski definition) is 10. The van der Waals surface area contributed by atoms with Gasteiger partial charge in [-0.2, -0.15) is 9.29 Å². The Morgan fingerprint density at radius 1 is 1.17 bits per heavy atom. The third-order valence-electron chi connectivity index (χ3n) is 5.83. The lowest BCUT2D eigenvalue weighted by molar-refractivity contribution is -0.274. The van der Waals surface area contributed by atoms with Crippen molar-refractivity contribution in [1.29, 1.82) is 0 Å². The fourth-order valence-electron chi connectivity index (χ4n) is 3.80. The van der Waals surface area contributed by atoms with Gasteiger partial charge in [-0.3, -0.25) is 4.79 Å². The van der Waals surface area contributed by atoms with Gasteiger partial charge in [0.1, 0.15) is 17.4 Å². The quantitative estimate of drug-likeness (QED) is 0.471. The average Bonchev–Trinajstić information content (AvgIpc) is 3.42. The molecule has 3 heterocycles. The average molecular weight is 546 g/mol. The van der Waals surface area contributed by atoms with Crippen molar-refractivity contribution in [3.05, 3.63) is 36.3 Å². The summed E-state index contributed by atoms with van der Waals surface area (Å²) < 4.78 is 68.6. The van der Waals surface area contributed by atoms with Crippen LogP contribution in [0.5, 0.6) is 5.75 Å². The molecule has 0 radical (unpaired) electrons.